The van der Waals surface area contributed by atoms with Crippen LogP contribution in [-0.2, 0) is 23.9 Å². The first-order valence-electron chi connectivity index (χ1n) is 9.08. The first-order valence-corrected chi connectivity index (χ1v) is 9.08. The third kappa shape index (κ3) is 4.54. The van der Waals surface area contributed by atoms with E-state index in [0.717, 1.165) is 0 Å². The van der Waals surface area contributed by atoms with Crippen LogP contribution in [0.25, 0.3) is 0 Å². The Morgan fingerprint density at radius 2 is 2.22 bits per heavy atom. The molecule has 0 amide bonds. The maximum Gasteiger partial charge on any atom is 0.334 e. The van der Waals surface area contributed by atoms with Gasteiger partial charge in [0, 0.05) is 11.1 Å². The number of aliphatic hydroxyl groups is 2. The van der Waals surface area contributed by atoms with Crippen molar-refractivity contribution < 1.29 is 34.1 Å². The van der Waals surface area contributed by atoms with Gasteiger partial charge in [-0.3, -0.25) is 9.59 Å². The van der Waals surface area contributed by atoms with Crippen LogP contribution in [0.3, 0.4) is 0 Å². The molecule has 7 nitrogen and oxygen atoms in total. The van der Waals surface area contributed by atoms with Gasteiger partial charge >= 0.3 is 11.9 Å². The molecule has 148 valence electrons. The first kappa shape index (κ1) is 21.1. The molecule has 0 unspecified atom stereocenters. The highest BCUT2D eigenvalue weighted by molar-refractivity contribution is 5.91. The quantitative estimate of drug-likeness (QED) is 0.320. The van der Waals surface area contributed by atoms with E-state index in [-0.39, 0.29) is 17.8 Å². The molecule has 0 aromatic rings. The lowest BCUT2D eigenvalue weighted by Gasteiger charge is -2.31. The fourth-order valence-electron chi connectivity index (χ4n) is 3.18. The molecular formula is C20H26O7. The number of carbonyl (C=O) groups excluding carboxylic acids is 3. The van der Waals surface area contributed by atoms with Gasteiger partial charge in [0.05, 0.1) is 18.4 Å². The highest BCUT2D eigenvalue weighted by Crippen LogP contribution is 2.36. The summed E-state index contributed by atoms with van der Waals surface area (Å²) in [5.74, 6) is -2.47. The van der Waals surface area contributed by atoms with E-state index in [2.05, 4.69) is 6.58 Å². The molecule has 0 saturated carbocycles. The lowest BCUT2D eigenvalue weighted by atomic mass is 9.83. The van der Waals surface area contributed by atoms with Gasteiger partial charge in [0.2, 0.25) is 0 Å². The number of allylic oxidation sites excluding steroid dienone is 1. The van der Waals surface area contributed by atoms with Gasteiger partial charge < -0.3 is 19.7 Å². The summed E-state index contributed by atoms with van der Waals surface area (Å²) in [5, 5.41) is 20.3. The SMILES string of the molecule is C=C1C(=O)O[C@@H]2/C=C(\CO)CCC=C(C=O)[C@H](O)[C@H](OC(=O)[C@@H](C)CC)[C@H]12. The largest absolute Gasteiger partial charge is 0.458 e. The Balaban J connectivity index is 2.50. The van der Waals surface area contributed by atoms with Crippen LogP contribution in [0.15, 0.2) is 35.5 Å². The first-order chi connectivity index (χ1) is 12.8. The Labute approximate surface area is 158 Å². The Kier molecular flexibility index (Phi) is 7.10. The normalized spacial score (nSPS) is 31.7. The summed E-state index contributed by atoms with van der Waals surface area (Å²) in [6, 6.07) is 0. The average molecular weight is 378 g/mol. The summed E-state index contributed by atoms with van der Waals surface area (Å²) in [6.45, 7) is 7.01. The predicted octanol–water partition coefficient (Wildman–Crippen LogP) is 1.24. The van der Waals surface area contributed by atoms with Crippen molar-refractivity contribution in [3.63, 3.8) is 0 Å². The van der Waals surface area contributed by atoms with E-state index in [1.165, 1.54) is 0 Å². The van der Waals surface area contributed by atoms with E-state index in [1.807, 2.05) is 6.92 Å². The minimum absolute atomic E-state index is 0.0559. The smallest absolute Gasteiger partial charge is 0.334 e. The van der Waals surface area contributed by atoms with Gasteiger partial charge in [0.25, 0.3) is 0 Å². The molecule has 1 heterocycles. The van der Waals surface area contributed by atoms with Crippen molar-refractivity contribution in [1.82, 2.24) is 0 Å². The molecule has 0 bridgehead atoms. The van der Waals surface area contributed by atoms with Gasteiger partial charge in [-0.1, -0.05) is 26.5 Å². The van der Waals surface area contributed by atoms with Gasteiger partial charge in [-0.05, 0) is 30.9 Å². The van der Waals surface area contributed by atoms with Crippen molar-refractivity contribution in [3.05, 3.63) is 35.5 Å². The fraction of sp³-hybridized carbons (Fsp3) is 0.550. The predicted molar refractivity (Wildman–Crippen MR) is 96.4 cm³/mol. The molecular weight excluding hydrogens is 352 g/mol. The summed E-state index contributed by atoms with van der Waals surface area (Å²) in [7, 11) is 0. The van der Waals surface area contributed by atoms with E-state index >= 15 is 0 Å². The molecule has 0 spiro atoms. The van der Waals surface area contributed by atoms with Crippen molar-refractivity contribution >= 4 is 18.2 Å². The van der Waals surface area contributed by atoms with E-state index in [9.17, 15) is 24.6 Å². The highest BCUT2D eigenvalue weighted by Gasteiger charge is 2.48. The Morgan fingerprint density at radius 1 is 1.52 bits per heavy atom. The molecule has 1 aliphatic heterocycles. The Bertz CT molecular complexity index is 676. The van der Waals surface area contributed by atoms with Gasteiger partial charge in [-0.25, -0.2) is 4.79 Å². The monoisotopic (exact) mass is 378 g/mol. The van der Waals surface area contributed by atoms with Crippen molar-refractivity contribution in [2.24, 2.45) is 11.8 Å². The molecule has 0 aromatic heterocycles. The number of hydrogen-bond acceptors (Lipinski definition) is 7. The minimum atomic E-state index is -1.42. The lowest BCUT2D eigenvalue weighted by Crippen LogP contribution is -2.43. The highest BCUT2D eigenvalue weighted by atomic mass is 16.6. The third-order valence-electron chi connectivity index (χ3n) is 5.12. The number of carbonyl (C=O) groups is 3. The van der Waals surface area contributed by atoms with Crippen LogP contribution in [0.2, 0.25) is 0 Å². The molecule has 2 N–H and O–H groups in total. The maximum absolute atomic E-state index is 12.4. The number of hydrogen-bond donors (Lipinski definition) is 2. The van der Waals surface area contributed by atoms with E-state index < -0.39 is 42.1 Å². The summed E-state index contributed by atoms with van der Waals surface area (Å²) in [6.07, 6.45) is 1.57. The van der Waals surface area contributed by atoms with E-state index in [0.29, 0.717) is 31.1 Å². The second-order valence-corrected chi connectivity index (χ2v) is 6.92. The number of aldehydes is 1. The summed E-state index contributed by atoms with van der Waals surface area (Å²) >= 11 is 0. The minimum Gasteiger partial charge on any atom is -0.458 e. The number of ether oxygens (including phenoxy) is 2. The molecule has 2 aliphatic rings. The second-order valence-electron chi connectivity index (χ2n) is 6.92. The Morgan fingerprint density at radius 3 is 2.81 bits per heavy atom. The van der Waals surface area contributed by atoms with Crippen LogP contribution in [0.1, 0.15) is 33.1 Å². The topological polar surface area (TPSA) is 110 Å². The van der Waals surface area contributed by atoms with Crippen LogP contribution in [0.5, 0.6) is 0 Å². The number of aliphatic hydroxyl groups excluding tert-OH is 2. The zero-order valence-electron chi connectivity index (χ0n) is 15.6. The van der Waals surface area contributed by atoms with Crippen LogP contribution in [0, 0.1) is 11.8 Å². The fourth-order valence-corrected chi connectivity index (χ4v) is 3.18. The summed E-state index contributed by atoms with van der Waals surface area (Å²) < 4.78 is 10.9. The molecule has 5 atom stereocenters. The standard InChI is InChI=1S/C20H26O7/c1-4-11(2)19(24)27-18-16-12(3)20(25)26-15(16)8-13(9-21)6-5-7-14(10-22)17(18)23/h7-8,10-11,15-18,21,23H,3-6,9H2,1-2H3/b13-8-,14-7?/t11-,15+,16+,17-,18+/m0/s1. The van der Waals surface area contributed by atoms with Crippen molar-refractivity contribution in [3.8, 4) is 0 Å². The number of rotatable bonds is 5. The van der Waals surface area contributed by atoms with Gasteiger partial charge in [-0.2, -0.15) is 0 Å². The maximum atomic E-state index is 12.4. The van der Waals surface area contributed by atoms with E-state index in [4.69, 9.17) is 9.47 Å². The third-order valence-corrected chi connectivity index (χ3v) is 5.12. The molecule has 27 heavy (non-hydrogen) atoms. The number of esters is 2. The summed E-state index contributed by atoms with van der Waals surface area (Å²) in [5.41, 5.74) is 0.736. The average Bonchev–Trinajstić information content (AvgIpc) is 2.94. The van der Waals surface area contributed by atoms with Crippen molar-refractivity contribution in [2.45, 2.75) is 51.4 Å². The zero-order chi connectivity index (χ0) is 20.1. The summed E-state index contributed by atoms with van der Waals surface area (Å²) in [4.78, 5) is 36.0. The molecule has 1 saturated heterocycles. The Hall–Kier alpha value is -2.25. The molecule has 2 rings (SSSR count). The molecule has 7 heteroatoms. The van der Waals surface area contributed by atoms with Crippen LogP contribution in [0.4, 0.5) is 0 Å². The molecule has 0 radical (unpaired) electrons. The molecule has 1 fully saturated rings. The van der Waals surface area contributed by atoms with E-state index in [1.54, 1.807) is 19.1 Å². The van der Waals surface area contributed by atoms with Crippen LogP contribution < -0.4 is 0 Å². The van der Waals surface area contributed by atoms with Gasteiger partial charge in [0.15, 0.2) is 0 Å². The lowest BCUT2D eigenvalue weighted by molar-refractivity contribution is -0.162. The van der Waals surface area contributed by atoms with Crippen molar-refractivity contribution in [1.29, 1.82) is 0 Å². The number of fused-ring (bicyclic) bond motifs is 1. The van der Waals surface area contributed by atoms with Crippen molar-refractivity contribution in [2.75, 3.05) is 6.61 Å². The zero-order valence-corrected chi connectivity index (χ0v) is 15.6. The molecule has 1 aliphatic carbocycles. The van der Waals surface area contributed by atoms with Gasteiger partial charge in [0.1, 0.15) is 24.6 Å². The molecule has 0 aromatic carbocycles. The van der Waals surface area contributed by atoms with Gasteiger partial charge in [-0.15, -0.1) is 0 Å². The second kappa shape index (κ2) is 9.10. The van der Waals surface area contributed by atoms with Crippen LogP contribution >= 0.6 is 0 Å². The van der Waals surface area contributed by atoms with Crippen LogP contribution in [-0.4, -0.2) is 53.4 Å².